The minimum Gasteiger partial charge on any atom is -0.341 e. The van der Waals surface area contributed by atoms with Gasteiger partial charge in [-0.3, -0.25) is 4.79 Å². The van der Waals surface area contributed by atoms with Crippen LogP contribution in [0.1, 0.15) is 17.5 Å². The van der Waals surface area contributed by atoms with Gasteiger partial charge < -0.3 is 10.2 Å². The molecule has 1 fully saturated rings. The van der Waals surface area contributed by atoms with Crippen LogP contribution in [0.5, 0.6) is 0 Å². The number of carbonyl (C=O) groups excluding carboxylic acids is 1. The number of hydrogen-bond acceptors (Lipinski definition) is 2. The van der Waals surface area contributed by atoms with E-state index in [1.807, 2.05) is 0 Å². The van der Waals surface area contributed by atoms with E-state index in [0.29, 0.717) is 18.7 Å². The maximum atomic E-state index is 12.4. The van der Waals surface area contributed by atoms with Crippen molar-refractivity contribution >= 4 is 5.91 Å². The summed E-state index contributed by atoms with van der Waals surface area (Å²) in [6.07, 6.45) is -3.51. The predicted octanol–water partition coefficient (Wildman–Crippen LogP) is 2.27. The van der Waals surface area contributed by atoms with Crippen molar-refractivity contribution in [2.45, 2.75) is 19.1 Å². The van der Waals surface area contributed by atoms with Crippen LogP contribution >= 0.6 is 0 Å². The van der Waals surface area contributed by atoms with E-state index < -0.39 is 11.7 Å². The van der Waals surface area contributed by atoms with E-state index >= 15 is 0 Å². The molecule has 1 atom stereocenters. The minimum absolute atomic E-state index is 0.0190. The number of nitrogens with zero attached hydrogens (tertiary/aromatic N) is 1. The van der Waals surface area contributed by atoms with Gasteiger partial charge in [-0.2, -0.15) is 13.2 Å². The molecule has 1 aromatic carbocycles. The SMILES string of the molecule is CN(Cc1ccc(C(F)(F)F)cc1)C(=O)C1CCNC1. The second-order valence-electron chi connectivity index (χ2n) is 5.08. The first-order valence-electron chi connectivity index (χ1n) is 6.50. The molecule has 1 aliphatic rings. The third-order valence-electron chi connectivity index (χ3n) is 3.49. The standard InChI is InChI=1S/C14H17F3N2O/c1-19(13(20)11-6-7-18-8-11)9-10-2-4-12(5-3-10)14(15,16)17/h2-5,11,18H,6-9H2,1H3. The summed E-state index contributed by atoms with van der Waals surface area (Å²) in [5.74, 6) is 0.0179. The molecule has 1 saturated heterocycles. The molecule has 1 heterocycles. The van der Waals surface area contributed by atoms with Gasteiger partial charge in [0.2, 0.25) is 5.91 Å². The van der Waals surface area contributed by atoms with Gasteiger partial charge in [-0.25, -0.2) is 0 Å². The van der Waals surface area contributed by atoms with Gasteiger partial charge in [0.25, 0.3) is 0 Å². The summed E-state index contributed by atoms with van der Waals surface area (Å²) >= 11 is 0. The molecule has 0 aliphatic carbocycles. The Labute approximate surface area is 115 Å². The van der Waals surface area contributed by atoms with Crippen molar-refractivity contribution in [3.05, 3.63) is 35.4 Å². The Hall–Kier alpha value is -1.56. The molecule has 1 amide bonds. The van der Waals surface area contributed by atoms with Crippen LogP contribution in [-0.2, 0) is 17.5 Å². The number of hydrogen-bond donors (Lipinski definition) is 1. The molecule has 1 N–H and O–H groups in total. The second kappa shape index (κ2) is 5.83. The maximum absolute atomic E-state index is 12.4. The molecule has 1 aliphatic heterocycles. The maximum Gasteiger partial charge on any atom is 0.416 e. The van der Waals surface area contributed by atoms with E-state index in [9.17, 15) is 18.0 Å². The summed E-state index contributed by atoms with van der Waals surface area (Å²) in [5.41, 5.74) is 0.0232. The monoisotopic (exact) mass is 286 g/mol. The van der Waals surface area contributed by atoms with Crippen LogP contribution in [0.3, 0.4) is 0 Å². The predicted molar refractivity (Wildman–Crippen MR) is 68.9 cm³/mol. The summed E-state index contributed by atoms with van der Waals surface area (Å²) in [4.78, 5) is 13.7. The Kier molecular flexibility index (Phi) is 4.32. The smallest absolute Gasteiger partial charge is 0.341 e. The summed E-state index contributed by atoms with van der Waals surface area (Å²) in [7, 11) is 1.68. The van der Waals surface area contributed by atoms with Crippen LogP contribution in [0.15, 0.2) is 24.3 Å². The Morgan fingerprint density at radius 3 is 2.50 bits per heavy atom. The minimum atomic E-state index is -4.32. The van der Waals surface area contributed by atoms with Crippen LogP contribution in [0.25, 0.3) is 0 Å². The normalized spacial score (nSPS) is 19.1. The van der Waals surface area contributed by atoms with Gasteiger partial charge in [-0.05, 0) is 30.7 Å². The first-order valence-corrected chi connectivity index (χ1v) is 6.50. The van der Waals surface area contributed by atoms with E-state index in [-0.39, 0.29) is 11.8 Å². The zero-order valence-electron chi connectivity index (χ0n) is 11.2. The van der Waals surface area contributed by atoms with Crippen molar-refractivity contribution in [1.82, 2.24) is 10.2 Å². The van der Waals surface area contributed by atoms with Crippen molar-refractivity contribution in [3.63, 3.8) is 0 Å². The lowest BCUT2D eigenvalue weighted by Crippen LogP contribution is -2.33. The van der Waals surface area contributed by atoms with E-state index in [1.54, 1.807) is 11.9 Å². The van der Waals surface area contributed by atoms with Crippen LogP contribution in [-0.4, -0.2) is 30.9 Å². The first-order chi connectivity index (χ1) is 9.38. The van der Waals surface area contributed by atoms with Gasteiger partial charge in [0.15, 0.2) is 0 Å². The zero-order valence-corrected chi connectivity index (χ0v) is 11.2. The molecular weight excluding hydrogens is 269 g/mol. The highest BCUT2D eigenvalue weighted by Gasteiger charge is 2.30. The average Bonchev–Trinajstić information content (AvgIpc) is 2.91. The van der Waals surface area contributed by atoms with Crippen molar-refractivity contribution < 1.29 is 18.0 Å². The molecule has 110 valence electrons. The first kappa shape index (κ1) is 14.8. The van der Waals surface area contributed by atoms with Crippen LogP contribution in [0.2, 0.25) is 0 Å². The lowest BCUT2D eigenvalue weighted by molar-refractivity contribution is -0.137. The van der Waals surface area contributed by atoms with Gasteiger partial charge in [0.05, 0.1) is 11.5 Å². The molecule has 20 heavy (non-hydrogen) atoms. The highest BCUT2D eigenvalue weighted by molar-refractivity contribution is 5.79. The number of halogens is 3. The summed E-state index contributed by atoms with van der Waals surface area (Å²) in [6.45, 7) is 1.84. The fourth-order valence-electron chi connectivity index (χ4n) is 2.33. The summed E-state index contributed by atoms with van der Waals surface area (Å²) in [5, 5.41) is 3.12. The summed E-state index contributed by atoms with van der Waals surface area (Å²) < 4.78 is 37.3. The largest absolute Gasteiger partial charge is 0.416 e. The van der Waals surface area contributed by atoms with Crippen molar-refractivity contribution in [3.8, 4) is 0 Å². The van der Waals surface area contributed by atoms with Crippen molar-refractivity contribution in [1.29, 1.82) is 0 Å². The third kappa shape index (κ3) is 3.50. The molecule has 0 saturated carbocycles. The lowest BCUT2D eigenvalue weighted by atomic mass is 10.1. The molecule has 0 radical (unpaired) electrons. The third-order valence-corrected chi connectivity index (χ3v) is 3.49. The highest BCUT2D eigenvalue weighted by atomic mass is 19.4. The number of rotatable bonds is 3. The molecule has 6 heteroatoms. The Morgan fingerprint density at radius 2 is 2.00 bits per heavy atom. The van der Waals surface area contributed by atoms with Gasteiger partial charge in [0, 0.05) is 20.1 Å². The molecule has 1 unspecified atom stereocenters. The number of nitrogens with one attached hydrogen (secondary N) is 1. The molecule has 1 aromatic rings. The fourth-order valence-corrected chi connectivity index (χ4v) is 2.33. The number of alkyl halides is 3. The van der Waals surface area contributed by atoms with Gasteiger partial charge >= 0.3 is 6.18 Å². The molecule has 0 bridgehead atoms. The fraction of sp³-hybridized carbons (Fsp3) is 0.500. The van der Waals surface area contributed by atoms with Crippen LogP contribution in [0, 0.1) is 5.92 Å². The number of benzene rings is 1. The van der Waals surface area contributed by atoms with E-state index in [2.05, 4.69) is 5.32 Å². The molecule has 3 nitrogen and oxygen atoms in total. The Morgan fingerprint density at radius 1 is 1.35 bits per heavy atom. The Bertz CT molecular complexity index is 464. The molecular formula is C14H17F3N2O. The number of amides is 1. The van der Waals surface area contributed by atoms with Gasteiger partial charge in [0.1, 0.15) is 0 Å². The molecule has 0 aromatic heterocycles. The quantitative estimate of drug-likeness (QED) is 0.924. The average molecular weight is 286 g/mol. The summed E-state index contributed by atoms with van der Waals surface area (Å²) in [6, 6.07) is 4.93. The van der Waals surface area contributed by atoms with E-state index in [4.69, 9.17) is 0 Å². The van der Waals surface area contributed by atoms with Crippen LogP contribution < -0.4 is 5.32 Å². The van der Waals surface area contributed by atoms with Crippen LogP contribution in [0.4, 0.5) is 13.2 Å². The van der Waals surface area contributed by atoms with Crippen molar-refractivity contribution in [2.75, 3.05) is 20.1 Å². The second-order valence-corrected chi connectivity index (χ2v) is 5.08. The highest BCUT2D eigenvalue weighted by Crippen LogP contribution is 2.29. The topological polar surface area (TPSA) is 32.3 Å². The van der Waals surface area contributed by atoms with Crippen molar-refractivity contribution in [2.24, 2.45) is 5.92 Å². The lowest BCUT2D eigenvalue weighted by Gasteiger charge is -2.21. The van der Waals surface area contributed by atoms with E-state index in [0.717, 1.165) is 25.1 Å². The Balaban J connectivity index is 1.97. The molecule has 0 spiro atoms. The van der Waals surface area contributed by atoms with Gasteiger partial charge in [-0.15, -0.1) is 0 Å². The molecule has 2 rings (SSSR count). The van der Waals surface area contributed by atoms with E-state index in [1.165, 1.54) is 12.1 Å². The number of carbonyl (C=O) groups is 1. The zero-order chi connectivity index (χ0) is 14.8. The van der Waals surface area contributed by atoms with Gasteiger partial charge in [-0.1, -0.05) is 12.1 Å².